The summed E-state index contributed by atoms with van der Waals surface area (Å²) in [7, 11) is 0. The van der Waals surface area contributed by atoms with E-state index in [1.54, 1.807) is 31.2 Å². The van der Waals surface area contributed by atoms with Gasteiger partial charge in [0.15, 0.2) is 0 Å². The largest absolute Gasteiger partial charge is 0.459 e. The van der Waals surface area contributed by atoms with Gasteiger partial charge in [-0.2, -0.15) is 0 Å². The first kappa shape index (κ1) is 14.7. The van der Waals surface area contributed by atoms with Gasteiger partial charge in [0.2, 0.25) is 0 Å². The Kier molecular flexibility index (Phi) is 4.87. The maximum atomic E-state index is 11.7. The molecule has 0 saturated carbocycles. The van der Waals surface area contributed by atoms with Crippen molar-refractivity contribution in [3.05, 3.63) is 35.9 Å². The van der Waals surface area contributed by atoms with Crippen LogP contribution in [0.2, 0.25) is 0 Å². The van der Waals surface area contributed by atoms with Crippen molar-refractivity contribution in [3.8, 4) is 0 Å². The summed E-state index contributed by atoms with van der Waals surface area (Å²) in [6.45, 7) is 4.72. The van der Waals surface area contributed by atoms with E-state index in [-0.39, 0.29) is 6.42 Å². The number of ether oxygens (including phenoxy) is 1. The summed E-state index contributed by atoms with van der Waals surface area (Å²) in [5, 5.41) is 19.3. The number of carbonyl (C=O) groups excluding carboxylic acids is 1. The topological polar surface area (TPSA) is 66.8 Å². The van der Waals surface area contributed by atoms with E-state index < -0.39 is 23.8 Å². The van der Waals surface area contributed by atoms with E-state index in [2.05, 4.69) is 0 Å². The highest BCUT2D eigenvalue weighted by molar-refractivity contribution is 5.89. The Morgan fingerprint density at radius 2 is 1.89 bits per heavy atom. The third-order valence-electron chi connectivity index (χ3n) is 2.69. The van der Waals surface area contributed by atoms with E-state index in [0.717, 1.165) is 0 Å². The van der Waals surface area contributed by atoms with E-state index in [1.807, 2.05) is 6.07 Å². The second-order valence-electron chi connectivity index (χ2n) is 4.99. The molecular formula is C14H20O4. The SMILES string of the molecule is C[C@@H](C[C@H](O)C(C)(C)O)OC(=O)c1ccccc1. The minimum absolute atomic E-state index is 0.197. The van der Waals surface area contributed by atoms with Crippen molar-refractivity contribution >= 4 is 5.97 Å². The van der Waals surface area contributed by atoms with Crippen LogP contribution in [0.25, 0.3) is 0 Å². The molecule has 0 radical (unpaired) electrons. The highest BCUT2D eigenvalue weighted by Gasteiger charge is 2.27. The summed E-state index contributed by atoms with van der Waals surface area (Å²) in [6.07, 6.45) is -1.20. The third-order valence-corrected chi connectivity index (χ3v) is 2.69. The van der Waals surface area contributed by atoms with Crippen LogP contribution in [0, 0.1) is 0 Å². The number of aliphatic hydroxyl groups excluding tert-OH is 1. The molecule has 4 nitrogen and oxygen atoms in total. The van der Waals surface area contributed by atoms with Crippen LogP contribution in [0.4, 0.5) is 0 Å². The van der Waals surface area contributed by atoms with E-state index in [9.17, 15) is 15.0 Å². The van der Waals surface area contributed by atoms with E-state index in [1.165, 1.54) is 13.8 Å². The van der Waals surface area contributed by atoms with Crippen LogP contribution in [0.1, 0.15) is 37.6 Å². The number of hydrogen-bond donors (Lipinski definition) is 2. The molecule has 0 unspecified atom stereocenters. The monoisotopic (exact) mass is 252 g/mol. The summed E-state index contributed by atoms with van der Waals surface area (Å²) in [4.78, 5) is 11.7. The molecule has 18 heavy (non-hydrogen) atoms. The summed E-state index contributed by atoms with van der Waals surface area (Å²) >= 11 is 0. The van der Waals surface area contributed by atoms with Gasteiger partial charge in [-0.3, -0.25) is 0 Å². The van der Waals surface area contributed by atoms with Gasteiger partial charge in [-0.15, -0.1) is 0 Å². The van der Waals surface area contributed by atoms with E-state index in [4.69, 9.17) is 4.74 Å². The lowest BCUT2D eigenvalue weighted by atomic mass is 9.97. The highest BCUT2D eigenvalue weighted by Crippen LogP contribution is 2.16. The van der Waals surface area contributed by atoms with Crippen LogP contribution in [-0.2, 0) is 4.74 Å². The Labute approximate surface area is 107 Å². The lowest BCUT2D eigenvalue weighted by molar-refractivity contribution is -0.0687. The number of rotatable bonds is 5. The molecule has 0 fully saturated rings. The molecule has 0 aromatic heterocycles. The molecule has 0 saturated heterocycles. The van der Waals surface area contributed by atoms with Gasteiger partial charge in [-0.1, -0.05) is 18.2 Å². The maximum absolute atomic E-state index is 11.7. The maximum Gasteiger partial charge on any atom is 0.338 e. The van der Waals surface area contributed by atoms with Crippen LogP contribution in [0.5, 0.6) is 0 Å². The Morgan fingerprint density at radius 1 is 1.33 bits per heavy atom. The average Bonchev–Trinajstić information content (AvgIpc) is 2.28. The van der Waals surface area contributed by atoms with Crippen LogP contribution >= 0.6 is 0 Å². The molecule has 0 bridgehead atoms. The first-order valence-corrected chi connectivity index (χ1v) is 5.97. The average molecular weight is 252 g/mol. The fraction of sp³-hybridized carbons (Fsp3) is 0.500. The zero-order valence-electron chi connectivity index (χ0n) is 11.0. The zero-order chi connectivity index (χ0) is 13.8. The van der Waals surface area contributed by atoms with Crippen molar-refractivity contribution < 1.29 is 19.7 Å². The highest BCUT2D eigenvalue weighted by atomic mass is 16.5. The summed E-state index contributed by atoms with van der Waals surface area (Å²) < 4.78 is 5.19. The first-order chi connectivity index (χ1) is 8.30. The van der Waals surface area contributed by atoms with Gasteiger partial charge in [0.05, 0.1) is 17.3 Å². The molecule has 1 rings (SSSR count). The van der Waals surface area contributed by atoms with E-state index >= 15 is 0 Å². The fourth-order valence-electron chi connectivity index (χ4n) is 1.48. The number of aliphatic hydroxyl groups is 2. The summed E-state index contributed by atoms with van der Waals surface area (Å²) in [6, 6.07) is 8.67. The minimum Gasteiger partial charge on any atom is -0.459 e. The predicted octanol–water partition coefficient (Wildman–Crippen LogP) is 1.75. The quantitative estimate of drug-likeness (QED) is 0.783. The molecule has 2 N–H and O–H groups in total. The molecule has 0 spiro atoms. The molecule has 1 aromatic carbocycles. The second kappa shape index (κ2) is 5.98. The molecule has 4 heteroatoms. The summed E-state index contributed by atoms with van der Waals surface area (Å²) in [5.41, 5.74) is -0.727. The van der Waals surface area contributed by atoms with E-state index in [0.29, 0.717) is 5.56 Å². The Balaban J connectivity index is 2.51. The van der Waals surface area contributed by atoms with Crippen molar-refractivity contribution in [2.75, 3.05) is 0 Å². The van der Waals surface area contributed by atoms with Gasteiger partial charge in [0, 0.05) is 6.42 Å². The van der Waals surface area contributed by atoms with Gasteiger partial charge in [0.1, 0.15) is 6.10 Å². The third kappa shape index (κ3) is 4.47. The van der Waals surface area contributed by atoms with Crippen LogP contribution in [0.3, 0.4) is 0 Å². The van der Waals surface area contributed by atoms with Crippen LogP contribution < -0.4 is 0 Å². The van der Waals surface area contributed by atoms with Gasteiger partial charge in [-0.05, 0) is 32.9 Å². The molecule has 1 aromatic rings. The normalized spacial score (nSPS) is 14.9. The first-order valence-electron chi connectivity index (χ1n) is 5.97. The fourth-order valence-corrected chi connectivity index (χ4v) is 1.48. The molecule has 0 heterocycles. The number of esters is 1. The number of benzene rings is 1. The Bertz CT molecular complexity index is 381. The second-order valence-corrected chi connectivity index (χ2v) is 4.99. The van der Waals surface area contributed by atoms with Gasteiger partial charge in [0.25, 0.3) is 0 Å². The van der Waals surface area contributed by atoms with Crippen molar-refractivity contribution in [1.29, 1.82) is 0 Å². The summed E-state index contributed by atoms with van der Waals surface area (Å²) in [5.74, 6) is -0.425. The zero-order valence-corrected chi connectivity index (χ0v) is 11.0. The van der Waals surface area contributed by atoms with Crippen molar-refractivity contribution in [2.45, 2.75) is 45.0 Å². The molecule has 0 aliphatic rings. The Hall–Kier alpha value is -1.39. The van der Waals surface area contributed by atoms with Crippen LogP contribution in [-0.4, -0.2) is 34.0 Å². The van der Waals surface area contributed by atoms with Crippen molar-refractivity contribution in [3.63, 3.8) is 0 Å². The molecule has 0 aliphatic carbocycles. The van der Waals surface area contributed by atoms with Gasteiger partial charge >= 0.3 is 5.97 Å². The molecule has 2 atom stereocenters. The van der Waals surface area contributed by atoms with Gasteiger partial charge in [-0.25, -0.2) is 4.79 Å². The van der Waals surface area contributed by atoms with Gasteiger partial charge < -0.3 is 14.9 Å². The van der Waals surface area contributed by atoms with Crippen molar-refractivity contribution in [1.82, 2.24) is 0 Å². The predicted molar refractivity (Wildman–Crippen MR) is 68.2 cm³/mol. The lowest BCUT2D eigenvalue weighted by Crippen LogP contribution is -2.38. The smallest absolute Gasteiger partial charge is 0.338 e. The Morgan fingerprint density at radius 3 is 2.39 bits per heavy atom. The standard InChI is InChI=1S/C14H20O4/c1-10(9-12(15)14(2,3)17)18-13(16)11-7-5-4-6-8-11/h4-8,10,12,15,17H,9H2,1-3H3/t10-,12-/m0/s1. The minimum atomic E-state index is -1.20. The number of carbonyl (C=O) groups is 1. The molecular weight excluding hydrogens is 232 g/mol. The molecule has 100 valence electrons. The lowest BCUT2D eigenvalue weighted by Gasteiger charge is -2.26. The molecule has 0 aliphatic heterocycles. The molecule has 0 amide bonds. The van der Waals surface area contributed by atoms with Crippen LogP contribution in [0.15, 0.2) is 30.3 Å². The van der Waals surface area contributed by atoms with Crippen molar-refractivity contribution in [2.24, 2.45) is 0 Å². The number of hydrogen-bond acceptors (Lipinski definition) is 4.